The van der Waals surface area contributed by atoms with E-state index in [9.17, 15) is 5.11 Å². The third-order valence-corrected chi connectivity index (χ3v) is 4.31. The maximum atomic E-state index is 9.63. The van der Waals surface area contributed by atoms with Gasteiger partial charge in [0.1, 0.15) is 5.75 Å². The average molecular weight is 330 g/mol. The molecule has 0 aliphatic carbocycles. The van der Waals surface area contributed by atoms with Crippen molar-refractivity contribution in [2.24, 2.45) is 0 Å². The molecule has 3 aromatic rings. The molecule has 0 fully saturated rings. The topological polar surface area (TPSA) is 29.5 Å². The molecule has 1 atom stereocenters. The molecular weight excluding hydrogens is 308 g/mol. The fourth-order valence-corrected chi connectivity index (χ4v) is 3.12. The summed E-state index contributed by atoms with van der Waals surface area (Å²) in [5.74, 6) is 0.879. The number of ether oxygens (including phenoxy) is 1. The van der Waals surface area contributed by atoms with Crippen molar-refractivity contribution in [3.8, 4) is 5.75 Å². The standard InChI is InChI=1S/C23H22O2/c1-25-21-14-12-20(13-15-21)23(19-10-6-3-7-11-19)22(16-17-24)18-8-4-2-5-9-18/h2-16,23-24H,17H2,1H3/b22-16-. The number of methoxy groups -OCH3 is 1. The van der Waals surface area contributed by atoms with Crippen molar-refractivity contribution in [3.63, 3.8) is 0 Å². The van der Waals surface area contributed by atoms with E-state index in [1.54, 1.807) is 7.11 Å². The van der Waals surface area contributed by atoms with E-state index in [-0.39, 0.29) is 12.5 Å². The summed E-state index contributed by atoms with van der Waals surface area (Å²) in [5, 5.41) is 9.63. The van der Waals surface area contributed by atoms with Gasteiger partial charge in [-0.3, -0.25) is 0 Å². The van der Waals surface area contributed by atoms with E-state index in [0.29, 0.717) is 0 Å². The number of allylic oxidation sites excluding steroid dienone is 1. The normalized spacial score (nSPS) is 12.6. The Morgan fingerprint density at radius 3 is 1.96 bits per heavy atom. The van der Waals surface area contributed by atoms with Gasteiger partial charge >= 0.3 is 0 Å². The van der Waals surface area contributed by atoms with Gasteiger partial charge in [-0.1, -0.05) is 78.9 Å². The molecule has 0 bridgehead atoms. The van der Waals surface area contributed by atoms with Gasteiger partial charge in [-0.2, -0.15) is 0 Å². The zero-order valence-corrected chi connectivity index (χ0v) is 14.3. The highest BCUT2D eigenvalue weighted by Gasteiger charge is 2.20. The largest absolute Gasteiger partial charge is 0.497 e. The van der Waals surface area contributed by atoms with Crippen LogP contribution in [0.1, 0.15) is 22.6 Å². The minimum Gasteiger partial charge on any atom is -0.497 e. The SMILES string of the molecule is COc1ccc(C(/C(=C\CO)c2ccccc2)c2ccccc2)cc1. The van der Waals surface area contributed by atoms with Crippen LogP contribution in [0.3, 0.4) is 0 Å². The van der Waals surface area contributed by atoms with Crippen LogP contribution in [0.2, 0.25) is 0 Å². The van der Waals surface area contributed by atoms with Crippen molar-refractivity contribution in [2.45, 2.75) is 5.92 Å². The first-order chi connectivity index (χ1) is 12.3. The third kappa shape index (κ3) is 3.98. The molecular formula is C23H22O2. The Morgan fingerprint density at radius 2 is 1.40 bits per heavy atom. The summed E-state index contributed by atoms with van der Waals surface area (Å²) in [6.45, 7) is 0.00369. The van der Waals surface area contributed by atoms with E-state index in [1.165, 1.54) is 5.56 Å². The van der Waals surface area contributed by atoms with Gasteiger partial charge in [-0.05, 0) is 34.4 Å². The highest BCUT2D eigenvalue weighted by Crippen LogP contribution is 2.38. The van der Waals surface area contributed by atoms with Crippen LogP contribution >= 0.6 is 0 Å². The summed E-state index contributed by atoms with van der Waals surface area (Å²) in [6, 6.07) is 28.7. The van der Waals surface area contributed by atoms with Crippen LogP contribution in [0.25, 0.3) is 5.57 Å². The number of rotatable bonds is 6. The molecule has 0 spiro atoms. The molecule has 0 aliphatic heterocycles. The van der Waals surface area contributed by atoms with Crippen LogP contribution in [0.5, 0.6) is 5.75 Å². The second-order valence-corrected chi connectivity index (χ2v) is 5.82. The summed E-state index contributed by atoms with van der Waals surface area (Å²) in [5.41, 5.74) is 4.56. The number of hydrogen-bond donors (Lipinski definition) is 1. The minimum atomic E-state index is 0.00369. The lowest BCUT2D eigenvalue weighted by molar-refractivity contribution is 0.343. The Labute approximate surface area is 149 Å². The second kappa shape index (κ2) is 8.32. The van der Waals surface area contributed by atoms with E-state index >= 15 is 0 Å². The molecule has 0 radical (unpaired) electrons. The predicted molar refractivity (Wildman–Crippen MR) is 103 cm³/mol. The van der Waals surface area contributed by atoms with Crippen LogP contribution < -0.4 is 4.74 Å². The number of benzene rings is 3. The molecule has 2 nitrogen and oxygen atoms in total. The van der Waals surface area contributed by atoms with Crippen LogP contribution in [-0.4, -0.2) is 18.8 Å². The van der Waals surface area contributed by atoms with Crippen LogP contribution in [0.4, 0.5) is 0 Å². The fourth-order valence-electron chi connectivity index (χ4n) is 3.12. The van der Waals surface area contributed by atoms with Gasteiger partial charge in [0.2, 0.25) is 0 Å². The second-order valence-electron chi connectivity index (χ2n) is 5.82. The fraction of sp³-hybridized carbons (Fsp3) is 0.130. The lowest BCUT2D eigenvalue weighted by Crippen LogP contribution is -2.05. The zero-order chi connectivity index (χ0) is 17.5. The van der Waals surface area contributed by atoms with Crippen molar-refractivity contribution in [1.29, 1.82) is 0 Å². The molecule has 0 aliphatic rings. The van der Waals surface area contributed by atoms with Crippen molar-refractivity contribution >= 4 is 5.57 Å². The van der Waals surface area contributed by atoms with E-state index in [4.69, 9.17) is 4.74 Å². The predicted octanol–water partition coefficient (Wildman–Crippen LogP) is 4.90. The Morgan fingerprint density at radius 1 is 0.840 bits per heavy atom. The summed E-state index contributed by atoms with van der Waals surface area (Å²) in [6.07, 6.45) is 1.90. The number of aliphatic hydroxyl groups excluding tert-OH is 1. The molecule has 2 heteroatoms. The van der Waals surface area contributed by atoms with Gasteiger partial charge in [0, 0.05) is 5.92 Å². The van der Waals surface area contributed by atoms with Crippen LogP contribution in [0.15, 0.2) is 91.0 Å². The molecule has 0 saturated carbocycles. The zero-order valence-electron chi connectivity index (χ0n) is 14.3. The van der Waals surface area contributed by atoms with E-state index in [0.717, 1.165) is 22.4 Å². The van der Waals surface area contributed by atoms with E-state index in [1.807, 2.05) is 54.6 Å². The first kappa shape index (κ1) is 17.0. The molecule has 0 amide bonds. The van der Waals surface area contributed by atoms with Crippen LogP contribution in [-0.2, 0) is 0 Å². The number of hydrogen-bond acceptors (Lipinski definition) is 2. The first-order valence-electron chi connectivity index (χ1n) is 8.38. The lowest BCUT2D eigenvalue weighted by Gasteiger charge is -2.22. The summed E-state index contributed by atoms with van der Waals surface area (Å²) in [7, 11) is 1.67. The molecule has 0 heterocycles. The summed E-state index contributed by atoms with van der Waals surface area (Å²) in [4.78, 5) is 0. The summed E-state index contributed by atoms with van der Waals surface area (Å²) >= 11 is 0. The van der Waals surface area contributed by atoms with Gasteiger partial charge < -0.3 is 9.84 Å². The van der Waals surface area contributed by atoms with E-state index < -0.39 is 0 Å². The monoisotopic (exact) mass is 330 g/mol. The van der Waals surface area contributed by atoms with Gasteiger partial charge in [0.05, 0.1) is 13.7 Å². The Bertz CT molecular complexity index is 806. The van der Waals surface area contributed by atoms with Gasteiger partial charge in [-0.15, -0.1) is 0 Å². The average Bonchev–Trinajstić information content (AvgIpc) is 2.69. The maximum absolute atomic E-state index is 9.63. The Balaban J connectivity index is 2.13. The quantitative estimate of drug-likeness (QED) is 0.696. The van der Waals surface area contributed by atoms with Gasteiger partial charge in [0.15, 0.2) is 0 Å². The van der Waals surface area contributed by atoms with Gasteiger partial charge in [0.25, 0.3) is 0 Å². The molecule has 126 valence electrons. The Hall–Kier alpha value is -2.84. The Kier molecular flexibility index (Phi) is 5.65. The molecule has 1 unspecified atom stereocenters. The molecule has 0 aromatic heterocycles. The molecule has 3 rings (SSSR count). The lowest BCUT2D eigenvalue weighted by atomic mass is 9.81. The van der Waals surface area contributed by atoms with Crippen molar-refractivity contribution in [1.82, 2.24) is 0 Å². The molecule has 0 saturated heterocycles. The van der Waals surface area contributed by atoms with E-state index in [2.05, 4.69) is 36.4 Å². The van der Waals surface area contributed by atoms with Gasteiger partial charge in [-0.25, -0.2) is 0 Å². The molecule has 25 heavy (non-hydrogen) atoms. The third-order valence-electron chi connectivity index (χ3n) is 4.31. The molecule has 1 N–H and O–H groups in total. The van der Waals surface area contributed by atoms with Crippen molar-refractivity contribution < 1.29 is 9.84 Å². The highest BCUT2D eigenvalue weighted by atomic mass is 16.5. The highest BCUT2D eigenvalue weighted by molar-refractivity contribution is 5.75. The molecule has 3 aromatic carbocycles. The summed E-state index contributed by atoms with van der Waals surface area (Å²) < 4.78 is 5.29. The smallest absolute Gasteiger partial charge is 0.118 e. The van der Waals surface area contributed by atoms with Crippen molar-refractivity contribution in [3.05, 3.63) is 108 Å². The van der Waals surface area contributed by atoms with Crippen LogP contribution in [0, 0.1) is 0 Å². The van der Waals surface area contributed by atoms with Crippen molar-refractivity contribution in [2.75, 3.05) is 13.7 Å². The maximum Gasteiger partial charge on any atom is 0.118 e. The number of aliphatic hydroxyl groups is 1. The first-order valence-corrected chi connectivity index (χ1v) is 8.38. The minimum absolute atomic E-state index is 0.00369.